The number of phenolic OH excluding ortho intramolecular Hbond substituents is 1. The van der Waals surface area contributed by atoms with Crippen molar-refractivity contribution in [1.82, 2.24) is 10.2 Å². The van der Waals surface area contributed by atoms with Crippen LogP contribution in [0.3, 0.4) is 0 Å². The molecule has 1 saturated carbocycles. The number of likely N-dealkylation sites (tertiary alicyclic amines) is 1. The van der Waals surface area contributed by atoms with Gasteiger partial charge in [-0.3, -0.25) is 14.4 Å². The lowest BCUT2D eigenvalue weighted by Gasteiger charge is -2.32. The predicted molar refractivity (Wildman–Crippen MR) is 93.6 cm³/mol. The van der Waals surface area contributed by atoms with Crippen LogP contribution < -0.4 is 5.32 Å². The summed E-state index contributed by atoms with van der Waals surface area (Å²) in [6.07, 6.45) is 1.21. The van der Waals surface area contributed by atoms with E-state index < -0.39 is 23.2 Å². The standard InChI is InChI=1S/C19H24N2O5/c1-19(2)14(15(19)18(25)26)16(23)20-11-7-9-21(10-8-11)17(24)12-5-3-4-6-13(12)22/h3-6,11,14-15,22H,7-10H2,1-2H3,(H,20,23)(H,25,26)/t14-,15+/m1/s1. The van der Waals surface area contributed by atoms with Crippen molar-refractivity contribution in [3.8, 4) is 5.75 Å². The minimum atomic E-state index is -0.932. The first-order chi connectivity index (χ1) is 12.2. The number of nitrogens with one attached hydrogen (secondary N) is 1. The molecular formula is C19H24N2O5. The Morgan fingerprint density at radius 3 is 2.27 bits per heavy atom. The molecule has 1 aromatic rings. The lowest BCUT2D eigenvalue weighted by atomic mass is 10.0. The van der Waals surface area contributed by atoms with Crippen molar-refractivity contribution in [2.75, 3.05) is 13.1 Å². The maximum absolute atomic E-state index is 12.5. The highest BCUT2D eigenvalue weighted by molar-refractivity contribution is 5.97. The number of hydrogen-bond acceptors (Lipinski definition) is 4. The van der Waals surface area contributed by atoms with Crippen molar-refractivity contribution in [1.29, 1.82) is 0 Å². The van der Waals surface area contributed by atoms with Crippen LogP contribution in [0.5, 0.6) is 5.75 Å². The number of carboxylic acids is 1. The van der Waals surface area contributed by atoms with Crippen LogP contribution in [0.15, 0.2) is 24.3 Å². The second-order valence-electron chi connectivity index (χ2n) is 7.71. The van der Waals surface area contributed by atoms with Gasteiger partial charge in [-0.1, -0.05) is 26.0 Å². The maximum Gasteiger partial charge on any atom is 0.307 e. The van der Waals surface area contributed by atoms with Gasteiger partial charge < -0.3 is 20.4 Å². The summed E-state index contributed by atoms with van der Waals surface area (Å²) in [6.45, 7) is 4.55. The molecule has 3 rings (SSSR count). The molecule has 140 valence electrons. The normalized spacial score (nSPS) is 24.8. The molecule has 7 nitrogen and oxygen atoms in total. The maximum atomic E-state index is 12.5. The van der Waals surface area contributed by atoms with Crippen LogP contribution in [0.1, 0.15) is 37.0 Å². The van der Waals surface area contributed by atoms with E-state index in [1.165, 1.54) is 6.07 Å². The second kappa shape index (κ2) is 6.63. The highest BCUT2D eigenvalue weighted by Crippen LogP contribution is 2.58. The lowest BCUT2D eigenvalue weighted by molar-refractivity contribution is -0.140. The second-order valence-corrected chi connectivity index (χ2v) is 7.71. The summed E-state index contributed by atoms with van der Waals surface area (Å²) in [5, 5.41) is 22.0. The molecule has 2 aliphatic rings. The van der Waals surface area contributed by atoms with E-state index in [2.05, 4.69) is 5.32 Å². The third kappa shape index (κ3) is 3.25. The lowest BCUT2D eigenvalue weighted by Crippen LogP contribution is -2.47. The highest BCUT2D eigenvalue weighted by Gasteiger charge is 2.66. The van der Waals surface area contributed by atoms with Gasteiger partial charge in [-0.2, -0.15) is 0 Å². The monoisotopic (exact) mass is 360 g/mol. The van der Waals surface area contributed by atoms with Gasteiger partial charge in [0.25, 0.3) is 5.91 Å². The fraction of sp³-hybridized carbons (Fsp3) is 0.526. The minimum Gasteiger partial charge on any atom is -0.507 e. The molecule has 2 amide bonds. The van der Waals surface area contributed by atoms with Gasteiger partial charge >= 0.3 is 5.97 Å². The van der Waals surface area contributed by atoms with Crippen molar-refractivity contribution in [2.45, 2.75) is 32.7 Å². The number of amides is 2. The number of hydrogen-bond donors (Lipinski definition) is 3. The number of aromatic hydroxyl groups is 1. The van der Waals surface area contributed by atoms with Crippen LogP contribution in [-0.4, -0.2) is 52.0 Å². The molecule has 1 aliphatic heterocycles. The number of rotatable bonds is 4. The van der Waals surface area contributed by atoms with Crippen LogP contribution in [0.2, 0.25) is 0 Å². The van der Waals surface area contributed by atoms with E-state index in [1.54, 1.807) is 36.9 Å². The van der Waals surface area contributed by atoms with E-state index in [0.717, 1.165) is 0 Å². The largest absolute Gasteiger partial charge is 0.507 e. The Labute approximate surface area is 152 Å². The molecule has 0 spiro atoms. The zero-order valence-electron chi connectivity index (χ0n) is 14.9. The van der Waals surface area contributed by atoms with Crippen LogP contribution in [0.25, 0.3) is 0 Å². The molecule has 1 aromatic carbocycles. The van der Waals surface area contributed by atoms with Crippen LogP contribution in [-0.2, 0) is 9.59 Å². The Morgan fingerprint density at radius 1 is 1.12 bits per heavy atom. The highest BCUT2D eigenvalue weighted by atomic mass is 16.4. The van der Waals surface area contributed by atoms with E-state index in [4.69, 9.17) is 0 Å². The van der Waals surface area contributed by atoms with Crippen molar-refractivity contribution < 1.29 is 24.6 Å². The van der Waals surface area contributed by atoms with Gasteiger partial charge in [-0.25, -0.2) is 0 Å². The molecule has 2 atom stereocenters. The third-order valence-corrected chi connectivity index (χ3v) is 5.64. The smallest absolute Gasteiger partial charge is 0.307 e. The van der Waals surface area contributed by atoms with E-state index in [1.807, 2.05) is 0 Å². The zero-order chi connectivity index (χ0) is 19.1. The van der Waals surface area contributed by atoms with Crippen molar-refractivity contribution in [2.24, 2.45) is 17.3 Å². The Balaban J connectivity index is 1.53. The number of carbonyl (C=O) groups is 3. The average molecular weight is 360 g/mol. The zero-order valence-corrected chi connectivity index (χ0v) is 14.9. The molecule has 2 fully saturated rings. The van der Waals surface area contributed by atoms with Crippen LogP contribution in [0, 0.1) is 17.3 Å². The summed E-state index contributed by atoms with van der Waals surface area (Å²) in [5.41, 5.74) is -0.240. The van der Waals surface area contributed by atoms with Crippen molar-refractivity contribution in [3.63, 3.8) is 0 Å². The van der Waals surface area contributed by atoms with Crippen molar-refractivity contribution >= 4 is 17.8 Å². The molecule has 1 saturated heterocycles. The van der Waals surface area contributed by atoms with Gasteiger partial charge in [-0.05, 0) is 30.4 Å². The number of nitrogens with zero attached hydrogens (tertiary/aromatic N) is 1. The van der Waals surface area contributed by atoms with Gasteiger partial charge in [0.05, 0.1) is 17.4 Å². The summed E-state index contributed by atoms with van der Waals surface area (Å²) in [5.74, 6) is -2.54. The molecule has 0 unspecified atom stereocenters. The van der Waals surface area contributed by atoms with Gasteiger partial charge in [-0.15, -0.1) is 0 Å². The third-order valence-electron chi connectivity index (χ3n) is 5.64. The Kier molecular flexibility index (Phi) is 4.64. The minimum absolute atomic E-state index is 0.0383. The van der Waals surface area contributed by atoms with Crippen LogP contribution in [0.4, 0.5) is 0 Å². The van der Waals surface area contributed by atoms with E-state index in [0.29, 0.717) is 25.9 Å². The SMILES string of the molecule is CC1(C)[C@H](C(=O)O)[C@@H]1C(=O)NC1CCN(C(=O)c2ccccc2O)CC1. The van der Waals surface area contributed by atoms with E-state index >= 15 is 0 Å². The number of benzene rings is 1. The number of carbonyl (C=O) groups excluding carboxylic acids is 2. The molecule has 3 N–H and O–H groups in total. The average Bonchev–Trinajstić information content (AvgIpc) is 3.18. The Morgan fingerprint density at radius 2 is 1.73 bits per heavy atom. The predicted octanol–water partition coefficient (Wildman–Crippen LogP) is 1.47. The van der Waals surface area contributed by atoms with Gasteiger partial charge in [0, 0.05) is 19.1 Å². The number of piperidine rings is 1. The van der Waals surface area contributed by atoms with Gasteiger partial charge in [0.15, 0.2) is 0 Å². The topological polar surface area (TPSA) is 107 Å². The number of aliphatic carboxylic acids is 1. The first kappa shape index (κ1) is 18.2. The Hall–Kier alpha value is -2.57. The summed E-state index contributed by atoms with van der Waals surface area (Å²) in [6, 6.07) is 6.37. The Bertz CT molecular complexity index is 737. The molecule has 0 radical (unpaired) electrons. The summed E-state index contributed by atoms with van der Waals surface area (Å²) < 4.78 is 0. The number of carboxylic acid groups (broad SMARTS) is 1. The van der Waals surface area contributed by atoms with Crippen molar-refractivity contribution in [3.05, 3.63) is 29.8 Å². The molecule has 7 heteroatoms. The fourth-order valence-corrected chi connectivity index (χ4v) is 3.93. The summed E-state index contributed by atoms with van der Waals surface area (Å²) in [7, 11) is 0. The van der Waals surface area contributed by atoms with E-state index in [9.17, 15) is 24.6 Å². The van der Waals surface area contributed by atoms with Gasteiger partial charge in [0.1, 0.15) is 5.75 Å². The van der Waals surface area contributed by atoms with E-state index in [-0.39, 0.29) is 29.2 Å². The molecule has 26 heavy (non-hydrogen) atoms. The summed E-state index contributed by atoms with van der Waals surface area (Å²) in [4.78, 5) is 37.8. The first-order valence-corrected chi connectivity index (χ1v) is 8.84. The van der Waals surface area contributed by atoms with Crippen LogP contribution >= 0.6 is 0 Å². The fourth-order valence-electron chi connectivity index (χ4n) is 3.93. The van der Waals surface area contributed by atoms with Gasteiger partial charge in [0.2, 0.25) is 5.91 Å². The quantitative estimate of drug-likeness (QED) is 0.754. The number of phenols is 1. The molecule has 1 aliphatic carbocycles. The number of para-hydroxylation sites is 1. The molecular weight excluding hydrogens is 336 g/mol. The molecule has 1 heterocycles. The first-order valence-electron chi connectivity index (χ1n) is 8.84. The molecule has 0 bridgehead atoms. The molecule has 0 aromatic heterocycles. The summed E-state index contributed by atoms with van der Waals surface area (Å²) >= 11 is 0.